The van der Waals surface area contributed by atoms with Crippen LogP contribution in [-0.4, -0.2) is 42.9 Å². The standard InChI is InChI=1S/C46H78O3.C17H26O.C16H23NO/c1-18-24-46(30-48-17,25-23-32(2)19-21-35-28-39(44(11,12)13)41(47)40(29-35)45(14,15)16)31-49-33(3)20-22-36-26-37(42(5,6)7)34(4)38(27-36)43(8,9)10;1-8-9-12-10-13(16(2,3)4)15(18)14(11-12)17(5,6)7;1-15(2,3)12-9-11(7-6-8-18)10-13-14(12)17-16(13,4)5/h26,28-29,33,38,47H,2,18-25,27,30-31H2,1,3-17H3;8,10-11,18H,1,9H2,2-7H3;8-10,17H,6-7H2,1-5H3. The number of rotatable bonds is 21. The molecule has 3 aromatic carbocycles. The fourth-order valence-corrected chi connectivity index (χ4v) is 12.6. The van der Waals surface area contributed by atoms with Crippen molar-refractivity contribution in [3.8, 4) is 11.5 Å². The lowest BCUT2D eigenvalue weighted by molar-refractivity contribution is -0.107. The molecule has 3 N–H and O–H groups in total. The molecule has 3 unspecified atom stereocenters. The number of aryl methyl sites for hydroxylation is 2. The molecule has 0 spiro atoms. The molecule has 478 valence electrons. The second kappa shape index (κ2) is 29.3. The van der Waals surface area contributed by atoms with Crippen LogP contribution in [0.15, 0.2) is 84.0 Å². The number of fused-ring (bicyclic) bond motifs is 1. The lowest BCUT2D eigenvalue weighted by Crippen LogP contribution is -2.40. The Labute approximate surface area is 523 Å². The van der Waals surface area contributed by atoms with Gasteiger partial charge in [0.1, 0.15) is 17.8 Å². The summed E-state index contributed by atoms with van der Waals surface area (Å²) in [5, 5.41) is 25.2. The average molecular weight is 1170 g/mol. The van der Waals surface area contributed by atoms with Gasteiger partial charge >= 0.3 is 0 Å². The normalized spacial score (nSPS) is 16.7. The molecule has 3 atom stereocenters. The third-order valence-electron chi connectivity index (χ3n) is 17.8. The molecule has 0 saturated carbocycles. The van der Waals surface area contributed by atoms with E-state index in [0.29, 0.717) is 30.4 Å². The Kier molecular flexibility index (Phi) is 25.8. The first-order valence-electron chi connectivity index (χ1n) is 32.6. The second-order valence-electron chi connectivity index (χ2n) is 33.7. The Hall–Kier alpha value is -4.39. The summed E-state index contributed by atoms with van der Waals surface area (Å²) in [4.78, 5) is 10.5. The molecule has 1 aliphatic carbocycles. The van der Waals surface area contributed by atoms with Crippen LogP contribution < -0.4 is 5.32 Å². The summed E-state index contributed by atoms with van der Waals surface area (Å²) in [6.45, 7) is 67.9. The topological polar surface area (TPSA) is 88.0 Å². The summed E-state index contributed by atoms with van der Waals surface area (Å²) in [6, 6.07) is 13.1. The lowest BCUT2D eigenvalue weighted by atomic mass is 9.66. The number of aromatic hydroxyl groups is 2. The molecule has 0 aromatic heterocycles. The molecule has 0 bridgehead atoms. The molecule has 1 aliphatic heterocycles. The summed E-state index contributed by atoms with van der Waals surface area (Å²) in [7, 11) is 1.83. The van der Waals surface area contributed by atoms with Crippen LogP contribution >= 0.6 is 0 Å². The lowest BCUT2D eigenvalue weighted by Gasteiger charge is -2.44. The summed E-state index contributed by atoms with van der Waals surface area (Å²) in [5.74, 6) is 1.48. The number of anilines is 1. The number of hydrogen-bond donors (Lipinski definition) is 3. The van der Waals surface area contributed by atoms with Gasteiger partial charge in [-0.25, -0.2) is 0 Å². The predicted molar refractivity (Wildman–Crippen MR) is 369 cm³/mol. The van der Waals surface area contributed by atoms with Gasteiger partial charge in [0.05, 0.1) is 24.9 Å². The fraction of sp³-hybridized carbons (Fsp3) is 0.658. The van der Waals surface area contributed by atoms with E-state index in [-0.39, 0.29) is 55.0 Å². The van der Waals surface area contributed by atoms with Gasteiger partial charge in [-0.3, -0.25) is 0 Å². The zero-order chi connectivity index (χ0) is 65.3. The number of nitrogens with one attached hydrogen (secondary N) is 1. The summed E-state index contributed by atoms with van der Waals surface area (Å²) in [6.07, 6.45) is 17.3. The van der Waals surface area contributed by atoms with E-state index in [1.54, 1.807) is 11.1 Å². The number of carbonyl (C=O) groups excluding carboxylic acids is 1. The van der Waals surface area contributed by atoms with Gasteiger partial charge in [-0.1, -0.05) is 231 Å². The quantitative estimate of drug-likeness (QED) is 0.0728. The number of allylic oxidation sites excluding steroid dienone is 6. The number of methoxy groups -OCH3 is 1. The molecular formula is C79H127NO5. The first-order chi connectivity index (χ1) is 38.7. The van der Waals surface area contributed by atoms with Crippen molar-refractivity contribution in [3.05, 3.63) is 134 Å². The molecule has 6 nitrogen and oxygen atoms in total. The van der Waals surface area contributed by atoms with E-state index >= 15 is 0 Å². The van der Waals surface area contributed by atoms with Crippen molar-refractivity contribution in [3.63, 3.8) is 0 Å². The van der Waals surface area contributed by atoms with Gasteiger partial charge in [0.2, 0.25) is 0 Å². The van der Waals surface area contributed by atoms with Gasteiger partial charge < -0.3 is 29.8 Å². The molecule has 0 saturated heterocycles. The second-order valence-corrected chi connectivity index (χ2v) is 33.7. The predicted octanol–water partition coefficient (Wildman–Crippen LogP) is 21.7. The Balaban J connectivity index is 0.000000422. The molecule has 1 heterocycles. The van der Waals surface area contributed by atoms with Gasteiger partial charge in [0, 0.05) is 30.2 Å². The van der Waals surface area contributed by atoms with E-state index in [4.69, 9.17) is 9.47 Å². The van der Waals surface area contributed by atoms with Crippen molar-refractivity contribution < 1.29 is 24.5 Å². The Bertz CT molecular complexity index is 2700. The van der Waals surface area contributed by atoms with Crippen LogP contribution in [0.3, 0.4) is 0 Å². The van der Waals surface area contributed by atoms with Crippen LogP contribution in [0.2, 0.25) is 0 Å². The van der Waals surface area contributed by atoms with Gasteiger partial charge in [-0.15, -0.1) is 6.58 Å². The molecule has 0 radical (unpaired) electrons. The summed E-state index contributed by atoms with van der Waals surface area (Å²) in [5.41, 5.74) is 18.1. The van der Waals surface area contributed by atoms with E-state index in [1.165, 1.54) is 44.7 Å². The van der Waals surface area contributed by atoms with Crippen molar-refractivity contribution in [2.45, 2.75) is 296 Å². The first-order valence-corrected chi connectivity index (χ1v) is 32.6. The number of aldehydes is 1. The maximum Gasteiger partial charge on any atom is 0.123 e. The van der Waals surface area contributed by atoms with Crippen LogP contribution in [0.5, 0.6) is 11.5 Å². The molecule has 0 fully saturated rings. The number of phenols is 2. The van der Waals surface area contributed by atoms with Crippen molar-refractivity contribution in [2.24, 2.45) is 22.2 Å². The highest BCUT2D eigenvalue weighted by molar-refractivity contribution is 5.73. The number of carbonyl (C=O) groups is 1. The smallest absolute Gasteiger partial charge is 0.123 e. The third kappa shape index (κ3) is 21.4. The zero-order valence-corrected chi connectivity index (χ0v) is 59.8. The van der Waals surface area contributed by atoms with Crippen molar-refractivity contribution in [1.29, 1.82) is 0 Å². The van der Waals surface area contributed by atoms with Crippen molar-refractivity contribution in [2.75, 3.05) is 25.6 Å². The molecule has 0 amide bonds. The average Bonchev–Trinajstić information content (AvgIpc) is 3.43. The molecule has 3 aromatic rings. The van der Waals surface area contributed by atoms with E-state index in [2.05, 4.69) is 241 Å². The van der Waals surface area contributed by atoms with Gasteiger partial charge in [0.15, 0.2) is 0 Å². The maximum absolute atomic E-state index is 11.2. The Morgan fingerprint density at radius 1 is 0.671 bits per heavy atom. The minimum atomic E-state index is -0.123. The third-order valence-corrected chi connectivity index (χ3v) is 17.8. The zero-order valence-electron chi connectivity index (χ0n) is 59.8. The SMILES string of the molecule is C=C(CCc1cc(C(C)(C)C)c(O)c(C(C)(C)C)c1)CCC(CCC)(COC)COC(C)CCC1=CC(C(C)(C)C)=C(C)C(C(C)(C)C)C1.C=CCc1cc(C(C)(C)C)c(O)c(C(C)(C)C)c1.CC(C)(C)c1cc(CCC=O)cc2c1NC2(C)C. The van der Waals surface area contributed by atoms with E-state index in [0.717, 1.165) is 106 Å². The van der Waals surface area contributed by atoms with E-state index in [9.17, 15) is 15.0 Å². The summed E-state index contributed by atoms with van der Waals surface area (Å²) >= 11 is 0. The highest BCUT2D eigenvalue weighted by atomic mass is 16.5. The van der Waals surface area contributed by atoms with Crippen molar-refractivity contribution >= 4 is 12.0 Å². The van der Waals surface area contributed by atoms with Crippen LogP contribution in [0.25, 0.3) is 0 Å². The monoisotopic (exact) mass is 1170 g/mol. The minimum Gasteiger partial charge on any atom is -0.507 e. The van der Waals surface area contributed by atoms with Crippen molar-refractivity contribution in [1.82, 2.24) is 0 Å². The van der Waals surface area contributed by atoms with Gasteiger partial charge in [0.25, 0.3) is 0 Å². The molecular weight excluding hydrogens is 1040 g/mol. The Morgan fingerprint density at radius 3 is 1.55 bits per heavy atom. The molecule has 2 aliphatic rings. The largest absolute Gasteiger partial charge is 0.507 e. The molecule has 85 heavy (non-hydrogen) atoms. The van der Waals surface area contributed by atoms with Crippen LogP contribution in [-0.2, 0) is 66.1 Å². The fourth-order valence-electron chi connectivity index (χ4n) is 12.6. The van der Waals surface area contributed by atoms with Gasteiger partial charge in [-0.2, -0.15) is 0 Å². The summed E-state index contributed by atoms with van der Waals surface area (Å²) < 4.78 is 12.6. The highest BCUT2D eigenvalue weighted by Gasteiger charge is 2.39. The minimum absolute atomic E-state index is 0.0151. The molecule has 5 rings (SSSR count). The number of hydrogen-bond acceptors (Lipinski definition) is 6. The maximum atomic E-state index is 11.2. The van der Waals surface area contributed by atoms with E-state index < -0.39 is 0 Å². The van der Waals surface area contributed by atoms with Crippen LogP contribution in [0, 0.1) is 22.2 Å². The van der Waals surface area contributed by atoms with Crippen LogP contribution in [0.1, 0.15) is 288 Å². The van der Waals surface area contributed by atoms with Crippen LogP contribution in [0.4, 0.5) is 5.69 Å². The number of ether oxygens (including phenoxy) is 2. The Morgan fingerprint density at radius 2 is 1.14 bits per heavy atom. The van der Waals surface area contributed by atoms with Gasteiger partial charge in [-0.05, 0) is 186 Å². The molecule has 6 heteroatoms. The number of phenolic OH excluding ortho intramolecular Hbond substituents is 2. The van der Waals surface area contributed by atoms with E-state index in [1.807, 2.05) is 13.2 Å². The first kappa shape index (κ1) is 74.9. The number of benzene rings is 3. The highest BCUT2D eigenvalue weighted by Crippen LogP contribution is 2.49.